The average Bonchev–Trinajstić information content (AvgIpc) is 2.90. The number of benzene rings is 2. The van der Waals surface area contributed by atoms with Gasteiger partial charge in [-0.1, -0.05) is 18.2 Å². The van der Waals surface area contributed by atoms with Crippen LogP contribution < -0.4 is 4.90 Å². The molecule has 0 unspecified atom stereocenters. The number of alkyl halides is 7. The minimum absolute atomic E-state index is 0.184. The molecule has 6 nitrogen and oxygen atoms in total. The van der Waals surface area contributed by atoms with Gasteiger partial charge < -0.3 is 0 Å². The molecule has 0 radical (unpaired) electrons. The highest BCUT2D eigenvalue weighted by Crippen LogP contribution is 2.55. The summed E-state index contributed by atoms with van der Waals surface area (Å²) in [7, 11) is 0. The van der Waals surface area contributed by atoms with Gasteiger partial charge >= 0.3 is 18.0 Å². The van der Waals surface area contributed by atoms with E-state index in [1.165, 1.54) is 0 Å². The average molecular weight is 450 g/mol. The Hall–Kier alpha value is -3.51. The van der Waals surface area contributed by atoms with Crippen molar-refractivity contribution in [3.8, 4) is 0 Å². The number of hydrogen-bond acceptors (Lipinski definition) is 4. The van der Waals surface area contributed by atoms with E-state index in [9.17, 15) is 50.4 Å². The van der Waals surface area contributed by atoms with Gasteiger partial charge in [0, 0.05) is 11.6 Å². The summed E-state index contributed by atoms with van der Waals surface area (Å²) in [5.41, 5.74) is -11.3. The molecular formula is C18H9F7N2O4. The molecule has 13 heteroatoms. The first kappa shape index (κ1) is 22.2. The van der Waals surface area contributed by atoms with Crippen molar-refractivity contribution in [2.24, 2.45) is 0 Å². The smallest absolute Gasteiger partial charge is 0.268 e. The predicted octanol–water partition coefficient (Wildman–Crippen LogP) is 4.99. The molecule has 0 spiro atoms. The summed E-state index contributed by atoms with van der Waals surface area (Å²) in [6, 6.07) is 4.69. The minimum atomic E-state index is -6.41. The van der Waals surface area contributed by atoms with E-state index in [1.54, 1.807) is 0 Å². The van der Waals surface area contributed by atoms with Crippen molar-refractivity contribution in [1.29, 1.82) is 0 Å². The van der Waals surface area contributed by atoms with Crippen LogP contribution in [-0.2, 0) is 5.67 Å². The lowest BCUT2D eigenvalue weighted by Crippen LogP contribution is -2.51. The van der Waals surface area contributed by atoms with Gasteiger partial charge in [0.05, 0.1) is 16.2 Å². The van der Waals surface area contributed by atoms with Crippen LogP contribution in [0.15, 0.2) is 36.4 Å². The van der Waals surface area contributed by atoms with Gasteiger partial charge in [0.2, 0.25) is 0 Å². The summed E-state index contributed by atoms with van der Waals surface area (Å²) < 4.78 is 93.6. The molecule has 31 heavy (non-hydrogen) atoms. The zero-order chi connectivity index (χ0) is 23.5. The van der Waals surface area contributed by atoms with E-state index in [4.69, 9.17) is 0 Å². The summed E-state index contributed by atoms with van der Waals surface area (Å²) in [4.78, 5) is 35.7. The molecule has 2 aromatic rings. The van der Waals surface area contributed by atoms with Crippen LogP contribution in [0.5, 0.6) is 0 Å². The fraction of sp³-hybridized carbons (Fsp3) is 0.222. The second-order valence-electron chi connectivity index (χ2n) is 6.51. The highest BCUT2D eigenvalue weighted by molar-refractivity contribution is 6.35. The number of rotatable bonds is 3. The van der Waals surface area contributed by atoms with E-state index in [0.717, 1.165) is 24.3 Å². The summed E-state index contributed by atoms with van der Waals surface area (Å²) in [6.45, 7) is 0.675. The molecule has 0 saturated carbocycles. The number of halogens is 7. The zero-order valence-electron chi connectivity index (χ0n) is 15.1. The van der Waals surface area contributed by atoms with Crippen LogP contribution in [0.1, 0.15) is 31.8 Å². The number of carbonyl (C=O) groups excluding carboxylic acids is 2. The van der Waals surface area contributed by atoms with Crippen molar-refractivity contribution in [2.45, 2.75) is 24.9 Å². The van der Waals surface area contributed by atoms with E-state index in [0.29, 0.717) is 13.0 Å². The number of imide groups is 1. The van der Waals surface area contributed by atoms with E-state index in [2.05, 4.69) is 0 Å². The van der Waals surface area contributed by atoms with Gasteiger partial charge in [-0.25, -0.2) is 9.29 Å². The topological polar surface area (TPSA) is 80.5 Å². The van der Waals surface area contributed by atoms with Crippen LogP contribution in [0.3, 0.4) is 0 Å². The third kappa shape index (κ3) is 3.02. The molecule has 0 aromatic heterocycles. The van der Waals surface area contributed by atoms with Crippen LogP contribution in [0.4, 0.5) is 42.1 Å². The molecule has 2 aromatic carbocycles. The second-order valence-corrected chi connectivity index (χ2v) is 6.51. The molecule has 0 aliphatic carbocycles. The largest absolute Gasteiger partial charge is 0.435 e. The van der Waals surface area contributed by atoms with Crippen LogP contribution in [0.2, 0.25) is 0 Å². The summed E-state index contributed by atoms with van der Waals surface area (Å²) in [6.07, 6.45) is -12.8. The number of nitro benzene ring substituents is 1. The zero-order valence-corrected chi connectivity index (χ0v) is 15.1. The maximum atomic E-state index is 14.6. The molecule has 0 saturated heterocycles. The lowest BCUT2D eigenvalue weighted by molar-refractivity contribution is -0.385. The lowest BCUT2D eigenvalue weighted by atomic mass is 9.89. The molecule has 1 aliphatic rings. The molecule has 0 N–H and O–H groups in total. The SMILES string of the molecule is Cc1c(N2C(=O)c3cccc([N+](=O)[O-])c3C2=O)cccc1C(F)(C(F)(F)F)C(F)(F)F. The molecule has 1 heterocycles. The van der Waals surface area contributed by atoms with E-state index >= 15 is 0 Å². The maximum Gasteiger partial charge on any atom is 0.435 e. The standard InChI is InChI=1S/C18H9F7N2O4/c1-8-10(16(19,17(20,21)22)18(23,24)25)5-3-6-11(8)26-14(28)9-4-2-7-12(27(30)31)13(9)15(26)29/h2-7H,1H3. The van der Waals surface area contributed by atoms with Crippen molar-refractivity contribution in [2.75, 3.05) is 4.90 Å². The van der Waals surface area contributed by atoms with E-state index < -0.39 is 68.4 Å². The number of fused-ring (bicyclic) bond motifs is 1. The highest BCUT2D eigenvalue weighted by atomic mass is 19.4. The Morgan fingerprint density at radius 3 is 1.94 bits per heavy atom. The predicted molar refractivity (Wildman–Crippen MR) is 90.3 cm³/mol. The molecule has 3 rings (SSSR count). The van der Waals surface area contributed by atoms with Crippen LogP contribution >= 0.6 is 0 Å². The van der Waals surface area contributed by atoms with Crippen molar-refractivity contribution in [1.82, 2.24) is 0 Å². The maximum absolute atomic E-state index is 14.6. The van der Waals surface area contributed by atoms with E-state index in [1.807, 2.05) is 0 Å². The molecule has 0 fully saturated rings. The molecule has 0 bridgehead atoms. The number of nitro groups is 1. The third-order valence-corrected chi connectivity index (χ3v) is 4.79. The first-order chi connectivity index (χ1) is 14.1. The highest BCUT2D eigenvalue weighted by Gasteiger charge is 2.74. The quantitative estimate of drug-likeness (QED) is 0.286. The number of nitrogens with zero attached hydrogens (tertiary/aromatic N) is 2. The van der Waals surface area contributed by atoms with Crippen molar-refractivity contribution >= 4 is 23.2 Å². The van der Waals surface area contributed by atoms with Crippen molar-refractivity contribution < 1.29 is 45.2 Å². The Bertz CT molecular complexity index is 1110. The van der Waals surface area contributed by atoms with Crippen molar-refractivity contribution in [3.63, 3.8) is 0 Å². The molecule has 0 atom stereocenters. The first-order valence-corrected chi connectivity index (χ1v) is 8.23. The van der Waals surface area contributed by atoms with Gasteiger partial charge in [-0.2, -0.15) is 26.3 Å². The Kier molecular flexibility index (Phi) is 4.83. The number of amides is 2. The Labute approximate surface area is 168 Å². The Morgan fingerprint density at radius 1 is 0.871 bits per heavy atom. The number of hydrogen-bond donors (Lipinski definition) is 0. The van der Waals surface area contributed by atoms with Gasteiger partial charge in [-0.3, -0.25) is 19.7 Å². The number of anilines is 1. The van der Waals surface area contributed by atoms with Crippen LogP contribution in [-0.4, -0.2) is 29.1 Å². The van der Waals surface area contributed by atoms with Crippen molar-refractivity contribution in [3.05, 3.63) is 68.8 Å². The Balaban J connectivity index is 2.24. The summed E-state index contributed by atoms with van der Waals surface area (Å²) >= 11 is 0. The van der Waals surface area contributed by atoms with Gasteiger partial charge in [-0.15, -0.1) is 0 Å². The minimum Gasteiger partial charge on any atom is -0.268 e. The van der Waals surface area contributed by atoms with Gasteiger partial charge in [0.25, 0.3) is 17.5 Å². The van der Waals surface area contributed by atoms with Gasteiger partial charge in [0.1, 0.15) is 5.56 Å². The second kappa shape index (κ2) is 6.75. The fourth-order valence-corrected chi connectivity index (χ4v) is 3.34. The van der Waals surface area contributed by atoms with E-state index in [-0.39, 0.29) is 11.0 Å². The molecular weight excluding hydrogens is 441 g/mol. The van der Waals surface area contributed by atoms with Gasteiger partial charge in [-0.05, 0) is 24.6 Å². The fourth-order valence-electron chi connectivity index (χ4n) is 3.34. The lowest BCUT2D eigenvalue weighted by Gasteiger charge is -2.32. The first-order valence-electron chi connectivity index (χ1n) is 8.23. The number of carbonyl (C=O) groups is 2. The van der Waals surface area contributed by atoms with Gasteiger partial charge in [0.15, 0.2) is 0 Å². The summed E-state index contributed by atoms with van der Waals surface area (Å²) in [5, 5.41) is 11.2. The molecule has 2 amide bonds. The third-order valence-electron chi connectivity index (χ3n) is 4.79. The Morgan fingerprint density at radius 2 is 1.42 bits per heavy atom. The van der Waals surface area contributed by atoms with Crippen LogP contribution in [0, 0.1) is 17.0 Å². The monoisotopic (exact) mass is 450 g/mol. The van der Waals surface area contributed by atoms with Crippen LogP contribution in [0.25, 0.3) is 0 Å². The molecule has 1 aliphatic heterocycles. The normalized spacial score (nSPS) is 14.8. The summed E-state index contributed by atoms with van der Waals surface area (Å²) in [5.74, 6) is -2.55. The molecule has 164 valence electrons.